The highest BCUT2D eigenvalue weighted by Gasteiger charge is 2.16. The van der Waals surface area contributed by atoms with Gasteiger partial charge in [0, 0.05) is 43.2 Å². The van der Waals surface area contributed by atoms with Crippen LogP contribution in [-0.4, -0.2) is 28.5 Å². The Hall–Kier alpha value is -3.69. The molecule has 2 heterocycles. The molecule has 3 rings (SSSR count). The van der Waals surface area contributed by atoms with Crippen LogP contribution in [0.4, 0.5) is 19.3 Å². The van der Waals surface area contributed by atoms with Gasteiger partial charge in [0.1, 0.15) is 11.4 Å². The van der Waals surface area contributed by atoms with Crippen molar-refractivity contribution in [2.75, 3.05) is 11.9 Å². The number of nitrogens with zero attached hydrogens (tertiary/aromatic N) is 1. The van der Waals surface area contributed by atoms with Crippen LogP contribution < -0.4 is 21.1 Å². The summed E-state index contributed by atoms with van der Waals surface area (Å²) in [4.78, 5) is 29.2. The number of amides is 3. The minimum Gasteiger partial charge on any atom is -0.450 e. The summed E-state index contributed by atoms with van der Waals surface area (Å²) in [6.07, 6.45) is 3.01. The molecule has 1 aromatic carbocycles. The SMILES string of the molecule is NC(=O)CCNC(=O)Nc1cc(F)c(Oc2ccnc3[nH]ccc23)c(F)c1. The first-order chi connectivity index (χ1) is 12.9. The van der Waals surface area contributed by atoms with Crippen molar-refractivity contribution < 1.29 is 23.1 Å². The van der Waals surface area contributed by atoms with Crippen LogP contribution >= 0.6 is 0 Å². The van der Waals surface area contributed by atoms with Crippen molar-refractivity contribution in [3.05, 3.63) is 48.3 Å². The van der Waals surface area contributed by atoms with Crippen LogP contribution in [-0.2, 0) is 4.79 Å². The lowest BCUT2D eigenvalue weighted by atomic mass is 10.2. The molecule has 0 radical (unpaired) electrons. The quantitative estimate of drug-likeness (QED) is 0.529. The predicted octanol–water partition coefficient (Wildman–Crippen LogP) is 2.63. The van der Waals surface area contributed by atoms with Gasteiger partial charge >= 0.3 is 6.03 Å². The number of fused-ring (bicyclic) bond motifs is 1. The third kappa shape index (κ3) is 4.29. The minimum absolute atomic E-state index is 0.00202. The van der Waals surface area contributed by atoms with Gasteiger partial charge in [-0.15, -0.1) is 0 Å². The van der Waals surface area contributed by atoms with E-state index >= 15 is 0 Å². The first kappa shape index (κ1) is 18.1. The van der Waals surface area contributed by atoms with E-state index in [1.807, 2.05) is 0 Å². The van der Waals surface area contributed by atoms with Gasteiger partial charge in [-0.25, -0.2) is 18.6 Å². The van der Waals surface area contributed by atoms with E-state index in [0.29, 0.717) is 11.0 Å². The molecule has 0 bridgehead atoms. The van der Waals surface area contributed by atoms with E-state index in [1.54, 1.807) is 12.3 Å². The number of anilines is 1. The third-order valence-electron chi connectivity index (χ3n) is 3.55. The molecular weight excluding hydrogens is 360 g/mol. The number of benzene rings is 1. The molecule has 0 saturated heterocycles. The second-order valence-corrected chi connectivity index (χ2v) is 5.52. The third-order valence-corrected chi connectivity index (χ3v) is 3.55. The Labute approximate surface area is 151 Å². The summed E-state index contributed by atoms with van der Waals surface area (Å²) in [7, 11) is 0. The summed E-state index contributed by atoms with van der Waals surface area (Å²) in [6.45, 7) is 0.00202. The molecule has 0 aliphatic heterocycles. The number of nitrogens with two attached hydrogens (primary N) is 1. The van der Waals surface area contributed by atoms with Crippen LogP contribution in [0.15, 0.2) is 36.7 Å². The zero-order valence-corrected chi connectivity index (χ0v) is 13.9. The van der Waals surface area contributed by atoms with Crippen molar-refractivity contribution in [1.29, 1.82) is 0 Å². The van der Waals surface area contributed by atoms with Crippen LogP contribution in [0.2, 0.25) is 0 Å². The number of pyridine rings is 1. The number of aromatic nitrogens is 2. The van der Waals surface area contributed by atoms with Crippen molar-refractivity contribution in [2.24, 2.45) is 5.73 Å². The van der Waals surface area contributed by atoms with Gasteiger partial charge in [0.25, 0.3) is 0 Å². The zero-order chi connectivity index (χ0) is 19.4. The van der Waals surface area contributed by atoms with E-state index in [4.69, 9.17) is 10.5 Å². The van der Waals surface area contributed by atoms with Crippen molar-refractivity contribution in [1.82, 2.24) is 15.3 Å². The van der Waals surface area contributed by atoms with Gasteiger partial charge in [0.05, 0.1) is 5.39 Å². The monoisotopic (exact) mass is 375 g/mol. The van der Waals surface area contributed by atoms with Gasteiger partial charge in [0.2, 0.25) is 5.91 Å². The summed E-state index contributed by atoms with van der Waals surface area (Å²) in [5.74, 6) is -2.96. The lowest BCUT2D eigenvalue weighted by Gasteiger charge is -2.11. The van der Waals surface area contributed by atoms with Crippen LogP contribution in [0.1, 0.15) is 6.42 Å². The second-order valence-electron chi connectivity index (χ2n) is 5.52. The smallest absolute Gasteiger partial charge is 0.319 e. The molecule has 2 aromatic heterocycles. The molecule has 8 nitrogen and oxygen atoms in total. The van der Waals surface area contributed by atoms with Crippen molar-refractivity contribution >= 4 is 28.7 Å². The number of carbonyl (C=O) groups is 2. The van der Waals surface area contributed by atoms with E-state index in [-0.39, 0.29) is 24.4 Å². The minimum atomic E-state index is -0.997. The van der Waals surface area contributed by atoms with Crippen LogP contribution in [0.3, 0.4) is 0 Å². The maximum Gasteiger partial charge on any atom is 0.319 e. The number of H-pyrrole nitrogens is 1. The van der Waals surface area contributed by atoms with Gasteiger partial charge in [-0.1, -0.05) is 0 Å². The number of hydrogen-bond donors (Lipinski definition) is 4. The maximum atomic E-state index is 14.3. The molecule has 0 aliphatic carbocycles. The summed E-state index contributed by atoms with van der Waals surface area (Å²) >= 11 is 0. The van der Waals surface area contributed by atoms with Gasteiger partial charge in [-0.05, 0) is 12.1 Å². The molecule has 140 valence electrons. The standard InChI is InChI=1S/C17H15F2N5O3/c18-11-7-9(24-17(26)23-6-3-14(20)25)8-12(19)15(11)27-13-2-5-22-16-10(13)1-4-21-16/h1-2,4-5,7-8H,3,6H2,(H2,20,25)(H,21,22)(H2,23,24,26). The van der Waals surface area contributed by atoms with Crippen LogP contribution in [0, 0.1) is 11.6 Å². The topological polar surface area (TPSA) is 122 Å². The fourth-order valence-corrected chi connectivity index (χ4v) is 2.34. The molecule has 27 heavy (non-hydrogen) atoms. The molecule has 0 unspecified atom stereocenters. The first-order valence-electron chi connectivity index (χ1n) is 7.86. The van der Waals surface area contributed by atoms with Crippen molar-refractivity contribution in [2.45, 2.75) is 6.42 Å². The van der Waals surface area contributed by atoms with Gasteiger partial charge in [-0.2, -0.15) is 0 Å². The van der Waals surface area contributed by atoms with Gasteiger partial charge in [0.15, 0.2) is 17.4 Å². The molecule has 3 aromatic rings. The van der Waals surface area contributed by atoms with Crippen LogP contribution in [0.25, 0.3) is 11.0 Å². The fourth-order valence-electron chi connectivity index (χ4n) is 2.34. The highest BCUT2D eigenvalue weighted by atomic mass is 19.1. The van der Waals surface area contributed by atoms with Crippen molar-refractivity contribution in [3.8, 4) is 11.5 Å². The molecule has 0 atom stereocenters. The Morgan fingerprint density at radius 1 is 1.22 bits per heavy atom. The van der Waals surface area contributed by atoms with Gasteiger partial charge in [-0.3, -0.25) is 4.79 Å². The Kier molecular flexibility index (Phi) is 5.15. The molecule has 0 fully saturated rings. The Bertz CT molecular complexity index is 982. The number of halogens is 2. The molecule has 3 amide bonds. The molecular formula is C17H15F2N5O3. The lowest BCUT2D eigenvalue weighted by Crippen LogP contribution is -2.31. The number of hydrogen-bond acceptors (Lipinski definition) is 4. The maximum absolute atomic E-state index is 14.3. The fraction of sp³-hybridized carbons (Fsp3) is 0.118. The number of urea groups is 1. The number of rotatable bonds is 6. The largest absolute Gasteiger partial charge is 0.450 e. The molecule has 10 heteroatoms. The molecule has 0 spiro atoms. The zero-order valence-electron chi connectivity index (χ0n) is 13.9. The number of carbonyl (C=O) groups excluding carboxylic acids is 2. The average molecular weight is 375 g/mol. The normalized spacial score (nSPS) is 10.6. The molecule has 5 N–H and O–H groups in total. The van der Waals surface area contributed by atoms with Crippen molar-refractivity contribution in [3.63, 3.8) is 0 Å². The summed E-state index contributed by atoms with van der Waals surface area (Å²) < 4.78 is 34.0. The Morgan fingerprint density at radius 2 is 1.96 bits per heavy atom. The van der Waals surface area contributed by atoms with E-state index in [9.17, 15) is 18.4 Å². The first-order valence-corrected chi connectivity index (χ1v) is 7.86. The van der Waals surface area contributed by atoms with E-state index in [2.05, 4.69) is 20.6 Å². The molecule has 0 saturated carbocycles. The summed E-state index contributed by atoms with van der Waals surface area (Å²) in [5, 5.41) is 5.16. The molecule has 0 aliphatic rings. The lowest BCUT2D eigenvalue weighted by molar-refractivity contribution is -0.117. The number of ether oxygens (including phenoxy) is 1. The predicted molar refractivity (Wildman–Crippen MR) is 93.4 cm³/mol. The second kappa shape index (κ2) is 7.68. The number of nitrogens with one attached hydrogen (secondary N) is 3. The number of aromatic amines is 1. The average Bonchev–Trinajstić information content (AvgIpc) is 3.07. The Morgan fingerprint density at radius 3 is 2.67 bits per heavy atom. The number of primary amides is 1. The van der Waals surface area contributed by atoms with Gasteiger partial charge < -0.3 is 26.1 Å². The summed E-state index contributed by atoms with van der Waals surface area (Å²) in [5.41, 5.74) is 5.35. The van der Waals surface area contributed by atoms with Crippen LogP contribution in [0.5, 0.6) is 11.5 Å². The summed E-state index contributed by atoms with van der Waals surface area (Å²) in [6, 6.07) is 4.25. The highest BCUT2D eigenvalue weighted by Crippen LogP contribution is 2.33. The van der Waals surface area contributed by atoms with E-state index in [1.165, 1.54) is 12.3 Å². The van der Waals surface area contributed by atoms with E-state index < -0.39 is 29.3 Å². The highest BCUT2D eigenvalue weighted by molar-refractivity contribution is 5.89. The van der Waals surface area contributed by atoms with E-state index in [0.717, 1.165) is 12.1 Å². The Balaban J connectivity index is 1.74.